The maximum absolute atomic E-state index is 5.59. The summed E-state index contributed by atoms with van der Waals surface area (Å²) in [6.45, 7) is 0.432. The highest BCUT2D eigenvalue weighted by atomic mass is 79.9. The number of hydrogen-bond donors (Lipinski definition) is 1. The molecule has 2 rings (SSSR count). The molecule has 70 valence electrons. The van der Waals surface area contributed by atoms with Gasteiger partial charge in [0.25, 0.3) is 0 Å². The lowest BCUT2D eigenvalue weighted by Crippen LogP contribution is -2.22. The van der Waals surface area contributed by atoms with Gasteiger partial charge in [-0.15, -0.1) is 0 Å². The van der Waals surface area contributed by atoms with Crippen LogP contribution >= 0.6 is 15.9 Å². The van der Waals surface area contributed by atoms with Gasteiger partial charge in [0.2, 0.25) is 0 Å². The van der Waals surface area contributed by atoms with Crippen LogP contribution in [0.15, 0.2) is 22.7 Å². The predicted octanol–water partition coefficient (Wildman–Crippen LogP) is 1.64. The van der Waals surface area contributed by atoms with E-state index in [4.69, 9.17) is 10.6 Å². The maximum Gasteiger partial charge on any atom is 0.128 e. The fraction of sp³-hybridized carbons (Fsp3) is 0.333. The Balaban J connectivity index is 2.20. The zero-order valence-corrected chi connectivity index (χ0v) is 8.58. The summed E-state index contributed by atoms with van der Waals surface area (Å²) in [4.78, 5) is 4.56. The number of fused-ring (bicyclic) bond motifs is 1. The second-order valence-corrected chi connectivity index (χ2v) is 3.85. The van der Waals surface area contributed by atoms with Crippen molar-refractivity contribution < 1.29 is 9.57 Å². The number of nitrogens with two attached hydrogens (primary N) is 1. The van der Waals surface area contributed by atoms with E-state index >= 15 is 0 Å². The first kappa shape index (κ1) is 8.99. The molecular weight excluding hydrogens is 234 g/mol. The van der Waals surface area contributed by atoms with E-state index in [1.807, 2.05) is 18.2 Å². The molecule has 2 N–H and O–H groups in total. The molecule has 1 heterocycles. The minimum atomic E-state index is 0.0544. The molecule has 4 heteroatoms. The first-order valence-electron chi connectivity index (χ1n) is 4.07. The van der Waals surface area contributed by atoms with Crippen LogP contribution in [0.5, 0.6) is 5.75 Å². The summed E-state index contributed by atoms with van der Waals surface area (Å²) in [5, 5.41) is 0. The third-order valence-corrected chi connectivity index (χ3v) is 2.83. The normalized spacial score (nSPS) is 19.7. The molecule has 13 heavy (non-hydrogen) atoms. The first-order valence-corrected chi connectivity index (χ1v) is 4.86. The number of ether oxygens (including phenoxy) is 1. The molecule has 0 fully saturated rings. The summed E-state index contributed by atoms with van der Waals surface area (Å²) in [6, 6.07) is 5.92. The van der Waals surface area contributed by atoms with Crippen LogP contribution in [-0.4, -0.2) is 12.7 Å². The van der Waals surface area contributed by atoms with E-state index in [0.29, 0.717) is 6.61 Å². The van der Waals surface area contributed by atoms with Crippen LogP contribution in [-0.2, 0) is 11.3 Å². The smallest absolute Gasteiger partial charge is 0.128 e. The third kappa shape index (κ3) is 1.70. The highest BCUT2D eigenvalue weighted by Gasteiger charge is 2.24. The molecule has 0 saturated carbocycles. The van der Waals surface area contributed by atoms with E-state index in [2.05, 4.69) is 20.8 Å². The van der Waals surface area contributed by atoms with Gasteiger partial charge in [0.05, 0.1) is 0 Å². The van der Waals surface area contributed by atoms with Gasteiger partial charge in [0, 0.05) is 16.5 Å². The quantitative estimate of drug-likeness (QED) is 0.804. The summed E-state index contributed by atoms with van der Waals surface area (Å²) in [6.07, 6.45) is 0.909. The summed E-state index contributed by atoms with van der Waals surface area (Å²) < 4.78 is 6.68. The molecule has 1 aromatic rings. The van der Waals surface area contributed by atoms with Gasteiger partial charge in [-0.05, 0) is 12.1 Å². The highest BCUT2D eigenvalue weighted by molar-refractivity contribution is 9.10. The largest absolute Gasteiger partial charge is 0.487 e. The molecule has 1 aromatic carbocycles. The first-order chi connectivity index (χ1) is 6.31. The zero-order valence-electron chi connectivity index (χ0n) is 7.00. The summed E-state index contributed by atoms with van der Waals surface area (Å²) in [7, 11) is 0. The maximum atomic E-state index is 5.59. The van der Waals surface area contributed by atoms with Gasteiger partial charge in [-0.3, -0.25) is 0 Å². The molecule has 0 spiro atoms. The molecule has 0 aliphatic carbocycles. The Morgan fingerprint density at radius 3 is 3.15 bits per heavy atom. The van der Waals surface area contributed by atoms with Gasteiger partial charge >= 0.3 is 0 Å². The van der Waals surface area contributed by atoms with Crippen LogP contribution in [0.1, 0.15) is 5.56 Å². The molecule has 0 bridgehead atoms. The van der Waals surface area contributed by atoms with Crippen molar-refractivity contribution in [2.45, 2.75) is 12.5 Å². The van der Waals surface area contributed by atoms with Crippen LogP contribution in [0.3, 0.4) is 0 Å². The van der Waals surface area contributed by atoms with Crippen molar-refractivity contribution in [2.75, 3.05) is 6.61 Å². The second kappa shape index (κ2) is 3.65. The van der Waals surface area contributed by atoms with Crippen molar-refractivity contribution in [3.8, 4) is 5.75 Å². The van der Waals surface area contributed by atoms with Gasteiger partial charge < -0.3 is 9.57 Å². The SMILES string of the molecule is NOCC1Cc2c(Br)cccc2O1. The molecule has 0 aromatic heterocycles. The van der Waals surface area contributed by atoms with Gasteiger partial charge in [-0.2, -0.15) is 0 Å². The van der Waals surface area contributed by atoms with Gasteiger partial charge in [0.15, 0.2) is 0 Å². The molecule has 1 atom stereocenters. The predicted molar refractivity (Wildman–Crippen MR) is 52.4 cm³/mol. The van der Waals surface area contributed by atoms with Crippen molar-refractivity contribution in [3.63, 3.8) is 0 Å². The Morgan fingerprint density at radius 2 is 2.46 bits per heavy atom. The van der Waals surface area contributed by atoms with Crippen molar-refractivity contribution in [1.29, 1.82) is 0 Å². The van der Waals surface area contributed by atoms with Crippen molar-refractivity contribution in [2.24, 2.45) is 5.90 Å². The number of benzene rings is 1. The highest BCUT2D eigenvalue weighted by Crippen LogP contribution is 2.34. The molecule has 1 aliphatic rings. The Kier molecular flexibility index (Phi) is 2.53. The van der Waals surface area contributed by atoms with Crippen LogP contribution in [0.2, 0.25) is 0 Å². The molecule has 3 nitrogen and oxygen atoms in total. The standard InChI is InChI=1S/C9H10BrNO2/c10-8-2-1-3-9-7(8)4-6(13-9)5-12-11/h1-3,6H,4-5,11H2. The summed E-state index contributed by atoms with van der Waals surface area (Å²) in [5.41, 5.74) is 1.20. The number of halogens is 1. The Bertz CT molecular complexity index is 316. The van der Waals surface area contributed by atoms with Gasteiger partial charge in [-0.1, -0.05) is 22.0 Å². The number of hydrogen-bond acceptors (Lipinski definition) is 3. The van der Waals surface area contributed by atoms with Crippen LogP contribution in [0, 0.1) is 0 Å². The Morgan fingerprint density at radius 1 is 1.62 bits per heavy atom. The van der Waals surface area contributed by atoms with E-state index in [1.54, 1.807) is 0 Å². The minimum absolute atomic E-state index is 0.0544. The lowest BCUT2D eigenvalue weighted by molar-refractivity contribution is 0.0609. The lowest BCUT2D eigenvalue weighted by atomic mass is 10.1. The van der Waals surface area contributed by atoms with Gasteiger partial charge in [-0.25, -0.2) is 5.90 Å². The van der Waals surface area contributed by atoms with Crippen molar-refractivity contribution in [3.05, 3.63) is 28.2 Å². The summed E-state index contributed by atoms with van der Waals surface area (Å²) in [5.74, 6) is 5.92. The summed E-state index contributed by atoms with van der Waals surface area (Å²) >= 11 is 3.47. The number of rotatable bonds is 2. The average molecular weight is 244 g/mol. The Hall–Kier alpha value is -0.580. The molecule has 1 aliphatic heterocycles. The van der Waals surface area contributed by atoms with Gasteiger partial charge in [0.1, 0.15) is 18.5 Å². The molecule has 0 amide bonds. The van der Waals surface area contributed by atoms with Crippen LogP contribution in [0.4, 0.5) is 0 Å². The second-order valence-electron chi connectivity index (χ2n) is 2.99. The fourth-order valence-electron chi connectivity index (χ4n) is 1.50. The topological polar surface area (TPSA) is 44.5 Å². The molecule has 0 radical (unpaired) electrons. The molecule has 1 unspecified atom stereocenters. The Labute approximate surface area is 84.9 Å². The van der Waals surface area contributed by atoms with E-state index in [0.717, 1.165) is 16.6 Å². The van der Waals surface area contributed by atoms with E-state index in [1.165, 1.54) is 5.56 Å². The van der Waals surface area contributed by atoms with E-state index < -0.39 is 0 Å². The van der Waals surface area contributed by atoms with E-state index in [9.17, 15) is 0 Å². The molecule has 0 saturated heterocycles. The van der Waals surface area contributed by atoms with Crippen molar-refractivity contribution in [1.82, 2.24) is 0 Å². The average Bonchev–Trinajstić information content (AvgIpc) is 2.49. The fourth-order valence-corrected chi connectivity index (χ4v) is 2.01. The zero-order chi connectivity index (χ0) is 9.26. The minimum Gasteiger partial charge on any atom is -0.487 e. The monoisotopic (exact) mass is 243 g/mol. The van der Waals surface area contributed by atoms with Crippen LogP contribution < -0.4 is 10.6 Å². The molecular formula is C9H10BrNO2. The van der Waals surface area contributed by atoms with Crippen LogP contribution in [0.25, 0.3) is 0 Å². The van der Waals surface area contributed by atoms with E-state index in [-0.39, 0.29) is 6.10 Å². The lowest BCUT2D eigenvalue weighted by Gasteiger charge is -2.07. The third-order valence-electron chi connectivity index (χ3n) is 2.08. The van der Waals surface area contributed by atoms with Crippen molar-refractivity contribution >= 4 is 15.9 Å².